The van der Waals surface area contributed by atoms with Crippen LogP contribution in [0.15, 0.2) is 0 Å². The number of nitrogens with zero attached hydrogens (tertiary/aromatic N) is 2. The first-order valence-corrected chi connectivity index (χ1v) is 8.12. The molecule has 2 amide bonds. The van der Waals surface area contributed by atoms with E-state index in [4.69, 9.17) is 5.11 Å². The molecule has 2 N–H and O–H groups in total. The van der Waals surface area contributed by atoms with Crippen LogP contribution in [0.5, 0.6) is 0 Å². The van der Waals surface area contributed by atoms with Crippen LogP contribution in [0.25, 0.3) is 0 Å². The van der Waals surface area contributed by atoms with E-state index >= 15 is 0 Å². The zero-order valence-corrected chi connectivity index (χ0v) is 12.6. The molecule has 0 spiro atoms. The number of hydrogen-bond acceptors (Lipinski definition) is 4. The van der Waals surface area contributed by atoms with Crippen LogP contribution in [0.4, 0.5) is 4.79 Å². The van der Waals surface area contributed by atoms with Gasteiger partial charge in [-0.1, -0.05) is 0 Å². The first-order valence-electron chi connectivity index (χ1n) is 6.96. The molecule has 2 saturated heterocycles. The first-order chi connectivity index (χ1) is 9.39. The molecule has 0 aromatic carbocycles. The van der Waals surface area contributed by atoms with Gasteiger partial charge in [-0.2, -0.15) is 11.8 Å². The van der Waals surface area contributed by atoms with Crippen molar-refractivity contribution in [3.05, 3.63) is 0 Å². The summed E-state index contributed by atoms with van der Waals surface area (Å²) < 4.78 is 0. The average molecular weight is 302 g/mol. The third kappa shape index (κ3) is 3.79. The number of aliphatic hydroxyl groups is 1. The molecule has 2 aliphatic rings. The van der Waals surface area contributed by atoms with Gasteiger partial charge in [-0.25, -0.2) is 4.79 Å². The maximum absolute atomic E-state index is 12.5. The van der Waals surface area contributed by atoms with Gasteiger partial charge in [-0.05, 0) is 19.8 Å². The number of carboxylic acids is 1. The van der Waals surface area contributed by atoms with Crippen LogP contribution in [-0.2, 0) is 4.79 Å². The number of urea groups is 1. The van der Waals surface area contributed by atoms with Crippen LogP contribution in [0.1, 0.15) is 26.2 Å². The highest BCUT2D eigenvalue weighted by Gasteiger charge is 2.35. The van der Waals surface area contributed by atoms with Crippen molar-refractivity contribution in [2.75, 3.05) is 31.1 Å². The van der Waals surface area contributed by atoms with Crippen molar-refractivity contribution in [3.63, 3.8) is 0 Å². The molecule has 2 heterocycles. The first kappa shape index (κ1) is 15.4. The van der Waals surface area contributed by atoms with Crippen molar-refractivity contribution in [3.8, 4) is 0 Å². The highest BCUT2D eigenvalue weighted by Crippen LogP contribution is 2.25. The number of thioether (sulfide) groups is 1. The zero-order valence-electron chi connectivity index (χ0n) is 11.7. The highest BCUT2D eigenvalue weighted by atomic mass is 32.2. The van der Waals surface area contributed by atoms with Crippen LogP contribution in [0.3, 0.4) is 0 Å². The maximum atomic E-state index is 12.5. The lowest BCUT2D eigenvalue weighted by Crippen LogP contribution is -2.55. The van der Waals surface area contributed by atoms with Crippen molar-refractivity contribution in [2.45, 2.75) is 37.8 Å². The lowest BCUT2D eigenvalue weighted by molar-refractivity contribution is -0.138. The van der Waals surface area contributed by atoms with E-state index in [0.717, 1.165) is 5.75 Å². The summed E-state index contributed by atoms with van der Waals surface area (Å²) in [7, 11) is 0. The zero-order chi connectivity index (χ0) is 14.8. The minimum atomic E-state index is -0.864. The monoisotopic (exact) mass is 302 g/mol. The van der Waals surface area contributed by atoms with Gasteiger partial charge in [0.2, 0.25) is 0 Å². The Hall–Kier alpha value is -0.950. The van der Waals surface area contributed by atoms with E-state index in [1.807, 2.05) is 0 Å². The number of carboxylic acid groups (broad SMARTS) is 1. The van der Waals surface area contributed by atoms with Crippen molar-refractivity contribution in [1.29, 1.82) is 0 Å². The van der Waals surface area contributed by atoms with Crippen LogP contribution in [0.2, 0.25) is 0 Å². The molecule has 2 fully saturated rings. The van der Waals surface area contributed by atoms with Crippen LogP contribution in [-0.4, -0.2) is 74.8 Å². The van der Waals surface area contributed by atoms with E-state index in [2.05, 4.69) is 0 Å². The summed E-state index contributed by atoms with van der Waals surface area (Å²) in [4.78, 5) is 26.9. The summed E-state index contributed by atoms with van der Waals surface area (Å²) in [6.07, 6.45) is 1.15. The number of piperidine rings is 1. The highest BCUT2D eigenvalue weighted by molar-refractivity contribution is 7.99. The van der Waals surface area contributed by atoms with E-state index in [9.17, 15) is 14.7 Å². The molecule has 2 aliphatic heterocycles. The molecule has 20 heavy (non-hydrogen) atoms. The summed E-state index contributed by atoms with van der Waals surface area (Å²) in [5, 5.41) is 18.9. The van der Waals surface area contributed by atoms with Crippen molar-refractivity contribution in [1.82, 2.24) is 9.80 Å². The van der Waals surface area contributed by atoms with Gasteiger partial charge in [-0.3, -0.25) is 4.79 Å². The van der Waals surface area contributed by atoms with Crippen LogP contribution in [0, 0.1) is 0 Å². The van der Waals surface area contributed by atoms with E-state index < -0.39 is 11.6 Å². The molecule has 0 saturated carbocycles. The quantitative estimate of drug-likeness (QED) is 0.790. The van der Waals surface area contributed by atoms with Gasteiger partial charge in [0.05, 0.1) is 18.1 Å². The van der Waals surface area contributed by atoms with Crippen molar-refractivity contribution >= 4 is 23.8 Å². The molecule has 0 radical (unpaired) electrons. The molecule has 2 rings (SSSR count). The molecule has 0 aromatic heterocycles. The SMILES string of the molecule is CC1(O)CCN(C(=O)N2CCSCC2CC(=O)O)CC1. The van der Waals surface area contributed by atoms with Gasteiger partial charge >= 0.3 is 12.0 Å². The fourth-order valence-electron chi connectivity index (χ4n) is 2.64. The van der Waals surface area contributed by atoms with Gasteiger partial charge in [-0.15, -0.1) is 0 Å². The van der Waals surface area contributed by atoms with Gasteiger partial charge in [0.25, 0.3) is 0 Å². The summed E-state index contributed by atoms with van der Waals surface area (Å²) in [6, 6.07) is -0.298. The van der Waals surface area contributed by atoms with E-state index in [1.165, 1.54) is 0 Å². The van der Waals surface area contributed by atoms with Crippen LogP contribution < -0.4 is 0 Å². The number of carbonyl (C=O) groups excluding carboxylic acids is 1. The number of aliphatic carboxylic acids is 1. The summed E-state index contributed by atoms with van der Waals surface area (Å²) in [5.74, 6) is 0.675. The predicted octanol–water partition coefficient (Wildman–Crippen LogP) is 0.845. The lowest BCUT2D eigenvalue weighted by Gasteiger charge is -2.42. The van der Waals surface area contributed by atoms with Gasteiger partial charge in [0, 0.05) is 31.1 Å². The second-order valence-corrected chi connectivity index (χ2v) is 6.94. The van der Waals surface area contributed by atoms with Gasteiger partial charge in [0.15, 0.2) is 0 Å². The smallest absolute Gasteiger partial charge is 0.320 e. The molecule has 114 valence electrons. The van der Waals surface area contributed by atoms with E-state index in [1.54, 1.807) is 28.5 Å². The molecule has 0 aromatic rings. The van der Waals surface area contributed by atoms with Crippen molar-refractivity contribution < 1.29 is 19.8 Å². The van der Waals surface area contributed by atoms with Crippen LogP contribution >= 0.6 is 11.8 Å². The standard InChI is InChI=1S/C13H22N2O4S/c1-13(19)2-4-14(5-3-13)12(18)15-6-7-20-9-10(15)8-11(16)17/h10,19H,2-9H2,1H3,(H,16,17). The summed E-state index contributed by atoms with van der Waals surface area (Å²) in [6.45, 7) is 3.47. The topological polar surface area (TPSA) is 81.1 Å². The Morgan fingerprint density at radius 2 is 1.95 bits per heavy atom. The number of carbonyl (C=O) groups is 2. The largest absolute Gasteiger partial charge is 0.481 e. The fraction of sp³-hybridized carbons (Fsp3) is 0.846. The number of likely N-dealkylation sites (tertiary alicyclic amines) is 1. The predicted molar refractivity (Wildman–Crippen MR) is 76.9 cm³/mol. The van der Waals surface area contributed by atoms with Crippen molar-refractivity contribution in [2.24, 2.45) is 0 Å². The average Bonchev–Trinajstić information content (AvgIpc) is 2.38. The molecular weight excluding hydrogens is 280 g/mol. The molecule has 0 bridgehead atoms. The molecule has 1 unspecified atom stereocenters. The Labute approximate surface area is 123 Å². The second kappa shape index (κ2) is 6.22. The fourth-order valence-corrected chi connectivity index (χ4v) is 3.70. The Bertz CT molecular complexity index is 379. The summed E-state index contributed by atoms with van der Waals surface area (Å²) in [5.41, 5.74) is -0.686. The molecule has 7 heteroatoms. The Morgan fingerprint density at radius 1 is 1.30 bits per heavy atom. The number of hydrogen-bond donors (Lipinski definition) is 2. The number of rotatable bonds is 2. The normalized spacial score (nSPS) is 26.4. The minimum absolute atomic E-state index is 0.00426. The Morgan fingerprint density at radius 3 is 2.55 bits per heavy atom. The Balaban J connectivity index is 1.97. The molecule has 1 atom stereocenters. The summed E-state index contributed by atoms with van der Waals surface area (Å²) >= 11 is 1.70. The van der Waals surface area contributed by atoms with Gasteiger partial charge in [0.1, 0.15) is 0 Å². The molecule has 0 aliphatic carbocycles. The molecule has 6 nitrogen and oxygen atoms in total. The van der Waals surface area contributed by atoms with E-state index in [-0.39, 0.29) is 18.5 Å². The maximum Gasteiger partial charge on any atom is 0.320 e. The lowest BCUT2D eigenvalue weighted by atomic mass is 9.94. The number of amides is 2. The minimum Gasteiger partial charge on any atom is -0.481 e. The third-order valence-corrected chi connectivity index (χ3v) is 5.09. The van der Waals surface area contributed by atoms with Gasteiger partial charge < -0.3 is 20.0 Å². The third-order valence-electron chi connectivity index (χ3n) is 3.99. The van der Waals surface area contributed by atoms with E-state index in [0.29, 0.717) is 38.2 Å². The molecular formula is C13H22N2O4S. The Kier molecular flexibility index (Phi) is 4.80. The second-order valence-electron chi connectivity index (χ2n) is 5.79.